The quantitative estimate of drug-likeness (QED) is 0.142. The van der Waals surface area contributed by atoms with Crippen molar-refractivity contribution in [2.75, 3.05) is 18.9 Å². The second kappa shape index (κ2) is 10.5. The van der Waals surface area contributed by atoms with Gasteiger partial charge in [0, 0.05) is 30.7 Å². The molecule has 2 aliphatic rings. The summed E-state index contributed by atoms with van der Waals surface area (Å²) in [4.78, 5) is 34.7. The third-order valence-corrected chi connectivity index (χ3v) is 7.42. The lowest BCUT2D eigenvalue weighted by Gasteiger charge is -2.26. The Bertz CT molecular complexity index is 1890. The summed E-state index contributed by atoms with van der Waals surface area (Å²) >= 11 is 0. The Labute approximate surface area is 247 Å². The van der Waals surface area contributed by atoms with E-state index in [1.165, 1.54) is 49.5 Å². The SMILES string of the molecule is CNC(=O)c1c(-c2ccc(F)cc2)oc2nc(NCC(F)(F)F)c(-c3cccc(C(=O)NC4(C5=NC(C)=[N+]5[O-])CC4)c3)cc12. The summed E-state index contributed by atoms with van der Waals surface area (Å²) in [6.45, 7) is 0.143. The fraction of sp³-hybridized carbons (Fsp3) is 0.233. The molecule has 0 unspecified atom stereocenters. The molecule has 0 radical (unpaired) electrons. The molecule has 1 fully saturated rings. The first-order valence-electron chi connectivity index (χ1n) is 13.5. The Kier molecular flexibility index (Phi) is 6.86. The number of carbonyl (C=O) groups is 2. The summed E-state index contributed by atoms with van der Waals surface area (Å²) in [6, 6.07) is 12.8. The van der Waals surface area contributed by atoms with Crippen LogP contribution in [0.3, 0.4) is 0 Å². The van der Waals surface area contributed by atoms with Crippen molar-refractivity contribution in [2.24, 2.45) is 4.99 Å². The zero-order valence-electron chi connectivity index (χ0n) is 23.3. The number of alkyl halides is 3. The van der Waals surface area contributed by atoms with Crippen LogP contribution in [0.2, 0.25) is 0 Å². The third kappa shape index (κ3) is 5.23. The monoisotopic (exact) mass is 608 g/mol. The molecule has 10 nitrogen and oxygen atoms in total. The Morgan fingerprint density at radius 3 is 2.41 bits per heavy atom. The number of hydrogen-bond donors (Lipinski definition) is 3. The van der Waals surface area contributed by atoms with Gasteiger partial charge in [-0.25, -0.2) is 9.13 Å². The summed E-state index contributed by atoms with van der Waals surface area (Å²) < 4.78 is 59.9. The predicted octanol–water partition coefficient (Wildman–Crippen LogP) is 5.24. The minimum Gasteiger partial charge on any atom is -0.740 e. The van der Waals surface area contributed by atoms with Crippen molar-refractivity contribution >= 4 is 40.4 Å². The molecule has 0 spiro atoms. The van der Waals surface area contributed by atoms with E-state index >= 15 is 0 Å². The number of hydrogen-bond acceptors (Lipinski definition) is 7. The normalized spacial score (nSPS) is 15.5. The second-order valence-electron chi connectivity index (χ2n) is 10.5. The average Bonchev–Trinajstić information content (AvgIpc) is 3.67. The number of furan rings is 1. The molecule has 2 amide bonds. The minimum absolute atomic E-state index is 0.0466. The van der Waals surface area contributed by atoms with Crippen molar-refractivity contribution in [1.29, 1.82) is 0 Å². The van der Waals surface area contributed by atoms with Crippen LogP contribution in [0.15, 0.2) is 64.0 Å². The van der Waals surface area contributed by atoms with E-state index in [9.17, 15) is 32.4 Å². The van der Waals surface area contributed by atoms with Gasteiger partial charge < -0.3 is 25.6 Å². The number of halogens is 4. The fourth-order valence-electron chi connectivity index (χ4n) is 5.02. The molecular formula is C30H24F4N6O4. The van der Waals surface area contributed by atoms with E-state index in [4.69, 9.17) is 4.42 Å². The van der Waals surface area contributed by atoms with Gasteiger partial charge in [0.05, 0.1) is 10.9 Å². The zero-order valence-corrected chi connectivity index (χ0v) is 23.3. The zero-order chi connectivity index (χ0) is 31.4. The number of carbonyl (C=O) groups excluding carboxylic acids is 2. The molecule has 44 heavy (non-hydrogen) atoms. The predicted molar refractivity (Wildman–Crippen MR) is 154 cm³/mol. The smallest absolute Gasteiger partial charge is 0.405 e. The standard InChI is InChI=1S/C30H24F4N6O4/c1-15-37-28(40(15)43)29(10-11-29)39-25(41)18-5-3-4-17(12-18)20-13-21-22(26(42)35-2)23(16-6-8-19(31)9-7-16)44-27(21)38-24(20)36-14-30(32,33)34/h3-9,12-13H,10-11,14H2,1-2H3,(H,35,42)(H,36,38)(H,39,41). The number of fused-ring (bicyclic) bond motifs is 1. The van der Waals surface area contributed by atoms with E-state index < -0.39 is 35.9 Å². The Morgan fingerprint density at radius 2 is 1.80 bits per heavy atom. The van der Waals surface area contributed by atoms with Crippen molar-refractivity contribution in [3.63, 3.8) is 0 Å². The Morgan fingerprint density at radius 1 is 1.07 bits per heavy atom. The van der Waals surface area contributed by atoms with Gasteiger partial charge in [-0.3, -0.25) is 9.59 Å². The maximum atomic E-state index is 13.6. The molecule has 3 N–H and O–H groups in total. The van der Waals surface area contributed by atoms with Gasteiger partial charge in [-0.15, -0.1) is 0 Å². The van der Waals surface area contributed by atoms with Gasteiger partial charge in [-0.05, 0) is 60.9 Å². The number of amides is 2. The molecule has 2 aromatic carbocycles. The number of benzene rings is 2. The number of nitrogens with one attached hydrogen (secondary N) is 3. The molecule has 226 valence electrons. The van der Waals surface area contributed by atoms with Crippen molar-refractivity contribution in [3.8, 4) is 22.5 Å². The number of nitrogens with zero attached hydrogens (tertiary/aromatic N) is 3. The number of rotatable bonds is 8. The van der Waals surface area contributed by atoms with E-state index in [0.29, 0.717) is 34.5 Å². The first kappa shape index (κ1) is 28.8. The minimum atomic E-state index is -4.58. The van der Waals surface area contributed by atoms with Crippen LogP contribution < -0.4 is 16.0 Å². The van der Waals surface area contributed by atoms with Crippen LogP contribution in [0, 0.1) is 11.0 Å². The van der Waals surface area contributed by atoms with Gasteiger partial charge >= 0.3 is 6.18 Å². The third-order valence-electron chi connectivity index (χ3n) is 7.42. The maximum absolute atomic E-state index is 13.6. The number of pyridine rings is 1. The summed E-state index contributed by atoms with van der Waals surface area (Å²) in [7, 11) is 1.40. The summed E-state index contributed by atoms with van der Waals surface area (Å²) in [5.41, 5.74) is 0.0614. The maximum Gasteiger partial charge on any atom is 0.405 e. The molecular weight excluding hydrogens is 584 g/mol. The van der Waals surface area contributed by atoms with Crippen molar-refractivity contribution in [1.82, 2.24) is 15.6 Å². The lowest BCUT2D eigenvalue weighted by molar-refractivity contribution is -0.346. The van der Waals surface area contributed by atoms with Gasteiger partial charge in [-0.2, -0.15) is 18.2 Å². The molecule has 1 aliphatic heterocycles. The highest BCUT2D eigenvalue weighted by molar-refractivity contribution is 6.12. The van der Waals surface area contributed by atoms with Crippen molar-refractivity contribution in [2.45, 2.75) is 31.5 Å². The van der Waals surface area contributed by atoms with Crippen LogP contribution in [0.5, 0.6) is 0 Å². The molecule has 0 saturated heterocycles. The molecule has 1 saturated carbocycles. The van der Waals surface area contributed by atoms with Crippen LogP contribution in [0.25, 0.3) is 33.6 Å². The second-order valence-corrected chi connectivity index (χ2v) is 10.5. The lowest BCUT2D eigenvalue weighted by Crippen LogP contribution is -2.51. The van der Waals surface area contributed by atoms with Crippen LogP contribution in [0.1, 0.15) is 40.5 Å². The number of hydroxylamine groups is 1. The molecule has 4 aromatic rings. The van der Waals surface area contributed by atoms with Crippen LogP contribution in [-0.2, 0) is 0 Å². The van der Waals surface area contributed by atoms with E-state index in [2.05, 4.69) is 25.9 Å². The molecule has 14 heteroatoms. The number of amidine groups is 2. The number of anilines is 1. The lowest BCUT2D eigenvalue weighted by atomic mass is 9.99. The molecule has 1 aliphatic carbocycles. The largest absolute Gasteiger partial charge is 0.740 e. The fourth-order valence-corrected chi connectivity index (χ4v) is 5.02. The van der Waals surface area contributed by atoms with Crippen molar-refractivity contribution in [3.05, 3.63) is 76.7 Å². The van der Waals surface area contributed by atoms with E-state index in [1.54, 1.807) is 19.1 Å². The summed E-state index contributed by atoms with van der Waals surface area (Å²) in [5, 5.41) is 20.0. The average molecular weight is 609 g/mol. The highest BCUT2D eigenvalue weighted by atomic mass is 19.4. The summed E-state index contributed by atoms with van der Waals surface area (Å²) in [6.07, 6.45) is -3.51. The highest BCUT2D eigenvalue weighted by Gasteiger charge is 2.55. The first-order valence-corrected chi connectivity index (χ1v) is 13.5. The molecule has 3 heterocycles. The van der Waals surface area contributed by atoms with Crippen LogP contribution in [-0.4, -0.2) is 58.5 Å². The van der Waals surface area contributed by atoms with Crippen LogP contribution in [0.4, 0.5) is 23.4 Å². The van der Waals surface area contributed by atoms with Gasteiger partial charge in [0.25, 0.3) is 17.6 Å². The van der Waals surface area contributed by atoms with Crippen molar-refractivity contribution < 1.29 is 36.3 Å². The molecule has 2 aromatic heterocycles. The van der Waals surface area contributed by atoms with E-state index in [-0.39, 0.29) is 45.2 Å². The Balaban J connectivity index is 1.44. The first-order chi connectivity index (χ1) is 20.9. The Hall–Kier alpha value is -5.27. The van der Waals surface area contributed by atoms with E-state index in [1.807, 2.05) is 0 Å². The summed E-state index contributed by atoms with van der Waals surface area (Å²) in [5.74, 6) is -1.21. The van der Waals surface area contributed by atoms with Gasteiger partial charge in [0.1, 0.15) is 29.5 Å². The van der Waals surface area contributed by atoms with E-state index in [0.717, 1.165) is 0 Å². The topological polar surface area (TPSA) is 135 Å². The molecule has 6 rings (SSSR count). The molecule has 0 bridgehead atoms. The van der Waals surface area contributed by atoms with Crippen LogP contribution >= 0.6 is 0 Å². The van der Waals surface area contributed by atoms with Gasteiger partial charge in [0.2, 0.25) is 11.5 Å². The molecule has 0 atom stereocenters. The highest BCUT2D eigenvalue weighted by Crippen LogP contribution is 2.40. The van der Waals surface area contributed by atoms with Gasteiger partial charge in [0.15, 0.2) is 0 Å². The number of aliphatic imine (C=N–C) groups is 1. The van der Waals surface area contributed by atoms with Gasteiger partial charge in [-0.1, -0.05) is 17.1 Å². The number of aromatic nitrogens is 1.